The molecular formula is C21H19F3N2O4. The number of furan rings is 1. The van der Waals surface area contributed by atoms with Crippen molar-refractivity contribution in [2.45, 2.75) is 45.4 Å². The zero-order valence-electron chi connectivity index (χ0n) is 16.2. The monoisotopic (exact) mass is 420 g/mol. The third-order valence-corrected chi connectivity index (χ3v) is 5.90. The van der Waals surface area contributed by atoms with E-state index in [2.05, 4.69) is 0 Å². The SMILES string of the molecule is Cc1ccoc1C(=O)Nc1c(F)cc(N2C(=O)CC3(CCCC3)CC2=O)c(F)c1F. The predicted octanol–water partition coefficient (Wildman–Crippen LogP) is 4.47. The summed E-state index contributed by atoms with van der Waals surface area (Å²) < 4.78 is 48.9. The van der Waals surface area contributed by atoms with E-state index in [9.17, 15) is 27.6 Å². The maximum absolute atomic E-state index is 14.8. The molecule has 2 fully saturated rings. The molecule has 4 rings (SSSR count). The number of nitrogens with zero attached hydrogens (tertiary/aromatic N) is 1. The lowest BCUT2D eigenvalue weighted by atomic mass is 9.76. The standard InChI is InChI=1S/C21H19F3N2O4/c1-11-4-7-30-19(11)20(29)25-18-12(22)8-13(16(23)17(18)24)26-14(27)9-21(10-15(26)28)5-2-3-6-21/h4,7-8H,2-3,5-6,9-10H2,1H3,(H,25,29). The Balaban J connectivity index is 1.64. The molecule has 0 radical (unpaired) electrons. The van der Waals surface area contributed by atoms with Crippen LogP contribution in [0, 0.1) is 29.8 Å². The van der Waals surface area contributed by atoms with E-state index in [-0.39, 0.29) is 18.6 Å². The van der Waals surface area contributed by atoms with Crippen molar-refractivity contribution < 1.29 is 32.0 Å². The van der Waals surface area contributed by atoms with E-state index in [4.69, 9.17) is 4.42 Å². The Kier molecular flexibility index (Phi) is 4.91. The summed E-state index contributed by atoms with van der Waals surface area (Å²) in [4.78, 5) is 37.9. The Morgan fingerprint density at radius 3 is 2.30 bits per heavy atom. The van der Waals surface area contributed by atoms with Crippen LogP contribution in [0.2, 0.25) is 0 Å². The number of aryl methyl sites for hydroxylation is 1. The van der Waals surface area contributed by atoms with Crippen LogP contribution < -0.4 is 10.2 Å². The molecule has 1 spiro atoms. The van der Waals surface area contributed by atoms with Gasteiger partial charge in [-0.1, -0.05) is 12.8 Å². The summed E-state index contributed by atoms with van der Waals surface area (Å²) >= 11 is 0. The minimum atomic E-state index is -1.70. The molecule has 0 unspecified atom stereocenters. The molecule has 1 saturated heterocycles. The maximum atomic E-state index is 14.8. The topological polar surface area (TPSA) is 79.6 Å². The van der Waals surface area contributed by atoms with Gasteiger partial charge in [0.1, 0.15) is 5.69 Å². The van der Waals surface area contributed by atoms with Crippen molar-refractivity contribution in [2.75, 3.05) is 10.2 Å². The zero-order chi connectivity index (χ0) is 21.6. The third-order valence-electron chi connectivity index (χ3n) is 5.90. The molecule has 2 aromatic rings. The van der Waals surface area contributed by atoms with Crippen LogP contribution in [0.15, 0.2) is 22.8 Å². The van der Waals surface area contributed by atoms with Gasteiger partial charge >= 0.3 is 0 Å². The Bertz CT molecular complexity index is 1040. The molecule has 3 amide bonds. The van der Waals surface area contributed by atoms with Gasteiger partial charge in [0.05, 0.1) is 12.0 Å². The van der Waals surface area contributed by atoms with Crippen LogP contribution >= 0.6 is 0 Å². The normalized spacial score (nSPS) is 18.3. The lowest BCUT2D eigenvalue weighted by Crippen LogP contribution is -2.47. The van der Waals surface area contributed by atoms with E-state index in [0.717, 1.165) is 25.7 Å². The second kappa shape index (κ2) is 7.30. The fraction of sp³-hybridized carbons (Fsp3) is 0.381. The van der Waals surface area contributed by atoms with E-state index in [1.54, 1.807) is 6.92 Å². The first-order chi connectivity index (χ1) is 14.2. The average Bonchev–Trinajstić information content (AvgIpc) is 3.31. The second-order valence-corrected chi connectivity index (χ2v) is 7.95. The van der Waals surface area contributed by atoms with Crippen LogP contribution in [-0.2, 0) is 9.59 Å². The summed E-state index contributed by atoms with van der Waals surface area (Å²) in [7, 11) is 0. The minimum absolute atomic E-state index is 0.0255. The highest BCUT2D eigenvalue weighted by Gasteiger charge is 2.46. The Morgan fingerprint density at radius 2 is 1.73 bits per heavy atom. The van der Waals surface area contributed by atoms with Crippen LogP contribution in [-0.4, -0.2) is 17.7 Å². The second-order valence-electron chi connectivity index (χ2n) is 7.95. The quantitative estimate of drug-likeness (QED) is 0.587. The van der Waals surface area contributed by atoms with Gasteiger partial charge in [0.25, 0.3) is 5.91 Å². The molecule has 2 heterocycles. The number of hydrogen-bond acceptors (Lipinski definition) is 4. The average molecular weight is 420 g/mol. The summed E-state index contributed by atoms with van der Waals surface area (Å²) in [6, 6.07) is 2.03. The molecular weight excluding hydrogens is 401 g/mol. The number of carbonyl (C=O) groups excluding carboxylic acids is 3. The van der Waals surface area contributed by atoms with Crippen LogP contribution in [0.3, 0.4) is 0 Å². The number of benzene rings is 1. The first kappa shape index (κ1) is 20.2. The summed E-state index contributed by atoms with van der Waals surface area (Å²) in [6.07, 6.45) is 4.53. The summed E-state index contributed by atoms with van der Waals surface area (Å²) in [5, 5.41) is 1.94. The van der Waals surface area contributed by atoms with Gasteiger partial charge in [-0.2, -0.15) is 0 Å². The van der Waals surface area contributed by atoms with Crippen LogP contribution in [0.4, 0.5) is 24.5 Å². The van der Waals surface area contributed by atoms with E-state index in [0.29, 0.717) is 16.5 Å². The van der Waals surface area contributed by atoms with Gasteiger partial charge in [-0.25, -0.2) is 18.1 Å². The molecule has 2 aliphatic rings. The lowest BCUT2D eigenvalue weighted by molar-refractivity contribution is -0.133. The molecule has 0 bridgehead atoms. The summed E-state index contributed by atoms with van der Waals surface area (Å²) in [6.45, 7) is 1.56. The predicted molar refractivity (Wildman–Crippen MR) is 100 cm³/mol. The van der Waals surface area contributed by atoms with Crippen molar-refractivity contribution in [3.63, 3.8) is 0 Å². The molecule has 9 heteroatoms. The highest BCUT2D eigenvalue weighted by atomic mass is 19.2. The number of nitrogens with one attached hydrogen (secondary N) is 1. The molecule has 1 aromatic carbocycles. The minimum Gasteiger partial charge on any atom is -0.459 e. The molecule has 30 heavy (non-hydrogen) atoms. The number of halogens is 3. The van der Waals surface area contributed by atoms with E-state index >= 15 is 0 Å². The van der Waals surface area contributed by atoms with Crippen molar-refractivity contribution in [3.8, 4) is 0 Å². The number of rotatable bonds is 3. The molecule has 1 aliphatic carbocycles. The fourth-order valence-electron chi connectivity index (χ4n) is 4.38. The largest absolute Gasteiger partial charge is 0.459 e. The van der Waals surface area contributed by atoms with E-state index in [1.807, 2.05) is 5.32 Å². The Morgan fingerprint density at radius 1 is 1.10 bits per heavy atom. The smallest absolute Gasteiger partial charge is 0.291 e. The number of imide groups is 1. The molecule has 1 aliphatic heterocycles. The summed E-state index contributed by atoms with van der Waals surface area (Å²) in [5.41, 5.74) is -1.83. The van der Waals surface area contributed by atoms with Crippen molar-refractivity contribution in [2.24, 2.45) is 5.41 Å². The molecule has 6 nitrogen and oxygen atoms in total. The van der Waals surface area contributed by atoms with Gasteiger partial charge in [0, 0.05) is 24.5 Å². The molecule has 1 N–H and O–H groups in total. The highest BCUT2D eigenvalue weighted by Crippen LogP contribution is 2.48. The molecule has 1 aromatic heterocycles. The lowest BCUT2D eigenvalue weighted by Gasteiger charge is -2.37. The van der Waals surface area contributed by atoms with Crippen LogP contribution in [0.25, 0.3) is 0 Å². The maximum Gasteiger partial charge on any atom is 0.291 e. The van der Waals surface area contributed by atoms with Gasteiger partial charge < -0.3 is 9.73 Å². The summed E-state index contributed by atoms with van der Waals surface area (Å²) in [5.74, 6) is -7.13. The number of anilines is 2. The van der Waals surface area contributed by atoms with Gasteiger partial charge in [0.2, 0.25) is 11.8 Å². The highest BCUT2D eigenvalue weighted by molar-refractivity contribution is 6.17. The Hall–Kier alpha value is -3.10. The first-order valence-electron chi connectivity index (χ1n) is 9.61. The fourth-order valence-corrected chi connectivity index (χ4v) is 4.38. The van der Waals surface area contributed by atoms with Crippen molar-refractivity contribution >= 4 is 29.1 Å². The zero-order valence-corrected chi connectivity index (χ0v) is 16.2. The Labute approximate surface area is 170 Å². The van der Waals surface area contributed by atoms with Gasteiger partial charge in [-0.05, 0) is 31.2 Å². The van der Waals surface area contributed by atoms with Crippen molar-refractivity contribution in [1.29, 1.82) is 0 Å². The van der Waals surface area contributed by atoms with Gasteiger partial charge in [-0.15, -0.1) is 0 Å². The van der Waals surface area contributed by atoms with Crippen molar-refractivity contribution in [1.82, 2.24) is 0 Å². The van der Waals surface area contributed by atoms with Gasteiger partial charge in [-0.3, -0.25) is 14.4 Å². The number of piperidine rings is 1. The van der Waals surface area contributed by atoms with Crippen LogP contribution in [0.1, 0.15) is 54.6 Å². The number of amides is 3. The van der Waals surface area contributed by atoms with Crippen LogP contribution in [0.5, 0.6) is 0 Å². The first-order valence-corrected chi connectivity index (χ1v) is 9.61. The molecule has 1 saturated carbocycles. The van der Waals surface area contributed by atoms with E-state index < -0.39 is 52.0 Å². The number of hydrogen-bond donors (Lipinski definition) is 1. The number of carbonyl (C=O) groups is 3. The van der Waals surface area contributed by atoms with E-state index in [1.165, 1.54) is 12.3 Å². The molecule has 0 atom stereocenters. The van der Waals surface area contributed by atoms with Crippen molar-refractivity contribution in [3.05, 3.63) is 47.2 Å². The molecule has 158 valence electrons. The third kappa shape index (κ3) is 3.28. The van der Waals surface area contributed by atoms with Gasteiger partial charge in [0.15, 0.2) is 23.2 Å².